The molecule has 0 aliphatic carbocycles. The van der Waals surface area contributed by atoms with E-state index < -0.39 is 0 Å². The third kappa shape index (κ3) is 31.5. The van der Waals surface area contributed by atoms with Gasteiger partial charge in [0.15, 0.2) is 0 Å². The van der Waals surface area contributed by atoms with Gasteiger partial charge in [-0.1, -0.05) is 121 Å². The van der Waals surface area contributed by atoms with Crippen molar-refractivity contribution in [3.05, 3.63) is 35.4 Å². The highest BCUT2D eigenvalue weighted by Gasteiger charge is 1.92. The van der Waals surface area contributed by atoms with Crippen molar-refractivity contribution in [3.8, 4) is 0 Å². The van der Waals surface area contributed by atoms with Crippen molar-refractivity contribution in [1.29, 1.82) is 0 Å². The van der Waals surface area contributed by atoms with Crippen LogP contribution in [0.5, 0.6) is 0 Å². The zero-order chi connectivity index (χ0) is 19.9. The standard InChI is InChI=1S/C8H10.2C7H16.C2H7N/c1-7-3-5-8(2)6-4-7;1-4-6-7(3)5-2;1-3-5-7-6-4-2;1-3-2/h3-6H,1-2H3;7H,4-6H2,1-3H3;3-7H2,1-2H3;3H,1-2H3. The van der Waals surface area contributed by atoms with Gasteiger partial charge in [0, 0.05) is 0 Å². The maximum Gasteiger partial charge on any atom is -0.0167 e. The topological polar surface area (TPSA) is 12.0 Å². The molecular formula is C24H49N. The van der Waals surface area contributed by atoms with Gasteiger partial charge in [-0.05, 0) is 33.9 Å². The van der Waals surface area contributed by atoms with E-state index in [2.05, 4.69) is 78.0 Å². The first-order chi connectivity index (χ1) is 11.9. The summed E-state index contributed by atoms with van der Waals surface area (Å²) in [6.45, 7) is 15.5. The average molecular weight is 352 g/mol. The van der Waals surface area contributed by atoms with Crippen LogP contribution in [0, 0.1) is 19.8 Å². The van der Waals surface area contributed by atoms with E-state index in [-0.39, 0.29) is 0 Å². The highest BCUT2D eigenvalue weighted by atomic mass is 14.7. The van der Waals surface area contributed by atoms with Crippen molar-refractivity contribution in [2.75, 3.05) is 14.1 Å². The molecule has 1 atom stereocenters. The molecule has 0 amide bonds. The minimum atomic E-state index is 0.949. The maximum absolute atomic E-state index is 2.75. The van der Waals surface area contributed by atoms with E-state index in [0.29, 0.717) is 0 Å². The van der Waals surface area contributed by atoms with Gasteiger partial charge in [-0.2, -0.15) is 0 Å². The second kappa shape index (κ2) is 25.4. The first-order valence-corrected chi connectivity index (χ1v) is 10.5. The van der Waals surface area contributed by atoms with Gasteiger partial charge >= 0.3 is 0 Å². The van der Waals surface area contributed by atoms with Crippen LogP contribution < -0.4 is 5.32 Å². The fraction of sp³-hybridized carbons (Fsp3) is 0.750. The van der Waals surface area contributed by atoms with E-state index in [9.17, 15) is 0 Å². The van der Waals surface area contributed by atoms with Gasteiger partial charge in [-0.25, -0.2) is 0 Å². The van der Waals surface area contributed by atoms with Crippen molar-refractivity contribution in [1.82, 2.24) is 5.32 Å². The molecule has 0 aliphatic rings. The average Bonchev–Trinajstić information content (AvgIpc) is 2.60. The van der Waals surface area contributed by atoms with E-state index in [1.807, 2.05) is 14.1 Å². The van der Waals surface area contributed by atoms with Crippen LogP contribution in [-0.2, 0) is 0 Å². The quantitative estimate of drug-likeness (QED) is 0.491. The van der Waals surface area contributed by atoms with Gasteiger partial charge in [-0.3, -0.25) is 0 Å². The highest BCUT2D eigenvalue weighted by Crippen LogP contribution is 2.07. The number of benzene rings is 1. The lowest BCUT2D eigenvalue weighted by molar-refractivity contribution is 0.509. The van der Waals surface area contributed by atoms with Crippen LogP contribution in [0.25, 0.3) is 0 Å². The third-order valence-electron chi connectivity index (χ3n) is 3.90. The molecule has 25 heavy (non-hydrogen) atoms. The van der Waals surface area contributed by atoms with Crippen LogP contribution in [0.2, 0.25) is 0 Å². The van der Waals surface area contributed by atoms with Crippen LogP contribution in [-0.4, -0.2) is 14.1 Å². The molecule has 0 heterocycles. The van der Waals surface area contributed by atoms with Crippen molar-refractivity contribution in [2.24, 2.45) is 5.92 Å². The van der Waals surface area contributed by atoms with E-state index in [1.54, 1.807) is 0 Å². The third-order valence-corrected chi connectivity index (χ3v) is 3.90. The van der Waals surface area contributed by atoms with Crippen molar-refractivity contribution in [2.45, 2.75) is 99.8 Å². The molecule has 0 bridgehead atoms. The molecule has 0 saturated carbocycles. The van der Waals surface area contributed by atoms with Gasteiger partial charge in [0.1, 0.15) is 0 Å². The molecule has 0 aromatic heterocycles. The van der Waals surface area contributed by atoms with Crippen molar-refractivity contribution < 1.29 is 0 Å². The zero-order valence-electron chi connectivity index (χ0n) is 19.0. The SMILES string of the molecule is CCCC(C)CC.CCCCCCC.CNC.Cc1ccc(C)cc1. The van der Waals surface area contributed by atoms with Gasteiger partial charge in [0.25, 0.3) is 0 Å². The Morgan fingerprint density at radius 3 is 1.28 bits per heavy atom. The summed E-state index contributed by atoms with van der Waals surface area (Å²) in [4.78, 5) is 0. The molecule has 0 radical (unpaired) electrons. The molecule has 1 N–H and O–H groups in total. The predicted molar refractivity (Wildman–Crippen MR) is 120 cm³/mol. The summed E-state index contributed by atoms with van der Waals surface area (Å²) in [5.41, 5.74) is 2.66. The second-order valence-electron chi connectivity index (χ2n) is 7.02. The fourth-order valence-electron chi connectivity index (χ4n) is 2.01. The molecule has 1 unspecified atom stereocenters. The Balaban J connectivity index is -0.000000270. The van der Waals surface area contributed by atoms with Crippen molar-refractivity contribution >= 4 is 0 Å². The van der Waals surface area contributed by atoms with E-state index in [0.717, 1.165) is 5.92 Å². The molecule has 0 spiro atoms. The summed E-state index contributed by atoms with van der Waals surface area (Å²) >= 11 is 0. The minimum Gasteiger partial charge on any atom is -0.323 e. The smallest absolute Gasteiger partial charge is 0.0167 e. The van der Waals surface area contributed by atoms with Crippen LogP contribution in [0.1, 0.15) is 97.1 Å². The highest BCUT2D eigenvalue weighted by molar-refractivity contribution is 5.19. The molecule has 1 heteroatoms. The number of rotatable bonds is 7. The summed E-state index contributed by atoms with van der Waals surface area (Å²) in [5, 5.41) is 2.75. The second-order valence-corrected chi connectivity index (χ2v) is 7.02. The number of unbranched alkanes of at least 4 members (excludes halogenated alkanes) is 4. The number of nitrogens with one attached hydrogen (secondary N) is 1. The first kappa shape index (κ1) is 29.0. The number of aryl methyl sites for hydroxylation is 2. The van der Waals surface area contributed by atoms with Gasteiger partial charge in [0.05, 0.1) is 0 Å². The molecular weight excluding hydrogens is 302 g/mol. The zero-order valence-corrected chi connectivity index (χ0v) is 19.0. The lowest BCUT2D eigenvalue weighted by atomic mass is 10.0. The summed E-state index contributed by atoms with van der Waals surface area (Å²) in [6.07, 6.45) is 11.1. The summed E-state index contributed by atoms with van der Waals surface area (Å²) < 4.78 is 0. The molecule has 1 aromatic carbocycles. The Kier molecular flexibility index (Phi) is 29.4. The molecule has 0 aliphatic heterocycles. The lowest BCUT2D eigenvalue weighted by Gasteiger charge is -2.02. The molecule has 1 rings (SSSR count). The molecule has 1 aromatic rings. The number of hydrogen-bond acceptors (Lipinski definition) is 1. The Hall–Kier alpha value is -0.820. The van der Waals surface area contributed by atoms with E-state index in [1.165, 1.54) is 62.5 Å². The van der Waals surface area contributed by atoms with Gasteiger partial charge in [-0.15, -0.1) is 0 Å². The van der Waals surface area contributed by atoms with Gasteiger partial charge < -0.3 is 5.32 Å². The van der Waals surface area contributed by atoms with E-state index in [4.69, 9.17) is 0 Å². The monoisotopic (exact) mass is 351 g/mol. The first-order valence-electron chi connectivity index (χ1n) is 10.5. The Morgan fingerprint density at radius 1 is 0.720 bits per heavy atom. The summed E-state index contributed by atoms with van der Waals surface area (Å²) in [6, 6.07) is 8.48. The molecule has 1 nitrogen and oxygen atoms in total. The van der Waals surface area contributed by atoms with Gasteiger partial charge in [0.2, 0.25) is 0 Å². The van der Waals surface area contributed by atoms with Crippen LogP contribution >= 0.6 is 0 Å². The van der Waals surface area contributed by atoms with Crippen LogP contribution in [0.15, 0.2) is 24.3 Å². The van der Waals surface area contributed by atoms with Crippen LogP contribution in [0.3, 0.4) is 0 Å². The molecule has 0 saturated heterocycles. The Bertz CT molecular complexity index is 290. The summed E-state index contributed by atoms with van der Waals surface area (Å²) in [7, 11) is 3.75. The Morgan fingerprint density at radius 2 is 1.08 bits per heavy atom. The minimum absolute atomic E-state index is 0.949. The summed E-state index contributed by atoms with van der Waals surface area (Å²) in [5.74, 6) is 0.949. The van der Waals surface area contributed by atoms with Crippen LogP contribution in [0.4, 0.5) is 0 Å². The molecule has 0 fully saturated rings. The maximum atomic E-state index is 2.75. The number of hydrogen-bond donors (Lipinski definition) is 1. The predicted octanol–water partition coefficient (Wildman–Crippen LogP) is 7.95. The Labute approximate surface area is 161 Å². The fourth-order valence-corrected chi connectivity index (χ4v) is 2.01. The lowest BCUT2D eigenvalue weighted by Crippen LogP contribution is -1.89. The van der Waals surface area contributed by atoms with E-state index >= 15 is 0 Å². The van der Waals surface area contributed by atoms with Crippen molar-refractivity contribution in [3.63, 3.8) is 0 Å². The molecule has 150 valence electrons. The normalized spacial score (nSPS) is 10.3. The largest absolute Gasteiger partial charge is 0.323 e.